The number of para-hydroxylation sites is 1. The van der Waals surface area contributed by atoms with Crippen LogP contribution in [0, 0.1) is 0 Å². The number of hydrogen-bond donors (Lipinski definition) is 2. The third-order valence-corrected chi connectivity index (χ3v) is 6.25. The molecule has 2 aromatic carbocycles. The number of aliphatic hydroxyl groups excluding tert-OH is 1. The van der Waals surface area contributed by atoms with Crippen LogP contribution in [-0.4, -0.2) is 49.5 Å². The summed E-state index contributed by atoms with van der Waals surface area (Å²) in [6.45, 7) is 2.69. The van der Waals surface area contributed by atoms with Crippen LogP contribution in [0.4, 0.5) is 5.95 Å². The van der Waals surface area contributed by atoms with Gasteiger partial charge in [0.15, 0.2) is 0 Å². The lowest BCUT2D eigenvalue weighted by atomic mass is 9.92. The summed E-state index contributed by atoms with van der Waals surface area (Å²) >= 11 is 0. The molecule has 5 rings (SSSR count). The summed E-state index contributed by atoms with van der Waals surface area (Å²) in [5, 5.41) is 9.62. The molecule has 2 aromatic heterocycles. The van der Waals surface area contributed by atoms with Gasteiger partial charge < -0.3 is 20.5 Å². The van der Waals surface area contributed by atoms with E-state index in [1.807, 2.05) is 65.1 Å². The van der Waals surface area contributed by atoms with Crippen LogP contribution >= 0.6 is 0 Å². The van der Waals surface area contributed by atoms with Gasteiger partial charge >= 0.3 is 0 Å². The fourth-order valence-electron chi connectivity index (χ4n) is 4.51. The zero-order valence-corrected chi connectivity index (χ0v) is 19.0. The first-order chi connectivity index (χ1) is 16.5. The van der Waals surface area contributed by atoms with Crippen LogP contribution in [-0.2, 0) is 4.79 Å². The highest BCUT2D eigenvalue weighted by Gasteiger charge is 2.29. The van der Waals surface area contributed by atoms with Crippen LogP contribution < -0.4 is 10.5 Å². The molecule has 3 heterocycles. The molecule has 3 N–H and O–H groups in total. The molecule has 1 atom stereocenters. The zero-order valence-electron chi connectivity index (χ0n) is 19.0. The van der Waals surface area contributed by atoms with Gasteiger partial charge in [0.1, 0.15) is 23.4 Å². The highest BCUT2D eigenvalue weighted by Crippen LogP contribution is 2.35. The SMILES string of the molecule is C[C@@H](O)C(=O)N1CCC(c2nc(-c3ccc(Oc4ccccc4)cc3)n3c(N)nccc23)CC1. The third kappa shape index (κ3) is 4.20. The number of nitrogen functional groups attached to an aromatic ring is 1. The molecule has 0 bridgehead atoms. The van der Waals surface area contributed by atoms with E-state index in [1.165, 1.54) is 6.92 Å². The van der Waals surface area contributed by atoms with Crippen molar-refractivity contribution in [3.05, 3.63) is 72.6 Å². The number of amides is 1. The number of benzene rings is 2. The van der Waals surface area contributed by atoms with Gasteiger partial charge in [0, 0.05) is 30.8 Å². The van der Waals surface area contributed by atoms with Gasteiger partial charge in [0.25, 0.3) is 5.91 Å². The molecule has 1 saturated heterocycles. The molecule has 1 aliphatic rings. The summed E-state index contributed by atoms with van der Waals surface area (Å²) in [4.78, 5) is 23.2. The Balaban J connectivity index is 1.43. The van der Waals surface area contributed by atoms with Gasteiger partial charge in [-0.3, -0.25) is 9.20 Å². The van der Waals surface area contributed by atoms with Gasteiger partial charge in [0.05, 0.1) is 11.2 Å². The minimum Gasteiger partial charge on any atom is -0.457 e. The summed E-state index contributed by atoms with van der Waals surface area (Å²) < 4.78 is 7.80. The number of carbonyl (C=O) groups is 1. The predicted molar refractivity (Wildman–Crippen MR) is 130 cm³/mol. The van der Waals surface area contributed by atoms with Crippen LogP contribution in [0.15, 0.2) is 66.9 Å². The van der Waals surface area contributed by atoms with E-state index >= 15 is 0 Å². The number of hydrogen-bond acceptors (Lipinski definition) is 6. The number of aromatic nitrogens is 3. The van der Waals surface area contributed by atoms with E-state index < -0.39 is 6.10 Å². The second-order valence-corrected chi connectivity index (χ2v) is 8.56. The topological polar surface area (TPSA) is 106 Å². The van der Waals surface area contributed by atoms with E-state index in [1.54, 1.807) is 11.1 Å². The Bertz CT molecular complexity index is 1290. The van der Waals surface area contributed by atoms with E-state index in [4.69, 9.17) is 15.5 Å². The molecule has 4 aromatic rings. The molecule has 0 aliphatic carbocycles. The number of anilines is 1. The van der Waals surface area contributed by atoms with Crippen molar-refractivity contribution in [1.82, 2.24) is 19.3 Å². The Hall–Kier alpha value is -3.91. The Morgan fingerprint density at radius 1 is 1.06 bits per heavy atom. The van der Waals surface area contributed by atoms with Gasteiger partial charge in [-0.15, -0.1) is 0 Å². The first kappa shape index (κ1) is 21.9. The van der Waals surface area contributed by atoms with Crippen LogP contribution in [0.3, 0.4) is 0 Å². The maximum Gasteiger partial charge on any atom is 0.251 e. The second kappa shape index (κ2) is 9.15. The Kier molecular flexibility index (Phi) is 5.90. The highest BCUT2D eigenvalue weighted by molar-refractivity contribution is 5.80. The summed E-state index contributed by atoms with van der Waals surface area (Å²) in [5.41, 5.74) is 9.06. The van der Waals surface area contributed by atoms with E-state index in [9.17, 15) is 9.90 Å². The lowest BCUT2D eigenvalue weighted by Crippen LogP contribution is -2.42. The molecule has 1 fully saturated rings. The van der Waals surface area contributed by atoms with E-state index in [0.717, 1.165) is 46.9 Å². The van der Waals surface area contributed by atoms with E-state index in [-0.39, 0.29) is 11.8 Å². The number of nitrogens with zero attached hydrogens (tertiary/aromatic N) is 4. The lowest BCUT2D eigenvalue weighted by Gasteiger charge is -2.32. The molecule has 0 unspecified atom stereocenters. The van der Waals surface area contributed by atoms with Crippen LogP contribution in [0.1, 0.15) is 31.4 Å². The molecule has 0 radical (unpaired) electrons. The Morgan fingerprint density at radius 2 is 1.74 bits per heavy atom. The third-order valence-electron chi connectivity index (χ3n) is 6.25. The van der Waals surface area contributed by atoms with Gasteiger partial charge in [-0.05, 0) is 62.2 Å². The van der Waals surface area contributed by atoms with Crippen molar-refractivity contribution in [1.29, 1.82) is 0 Å². The van der Waals surface area contributed by atoms with Gasteiger partial charge in [-0.25, -0.2) is 9.97 Å². The van der Waals surface area contributed by atoms with Crippen molar-refractivity contribution < 1.29 is 14.6 Å². The fourth-order valence-corrected chi connectivity index (χ4v) is 4.51. The standard InChI is InChI=1S/C26H27N5O3/c1-17(32)25(33)30-15-12-18(13-16-30)23-22-11-14-28-26(27)31(22)24(29-23)19-7-9-21(10-8-19)34-20-5-3-2-4-6-20/h2-11,14,17-18,32H,12-13,15-16H2,1H3,(H2,27,28)/t17-/m1/s1. The number of carbonyl (C=O) groups excluding carboxylic acids is 1. The molecule has 8 heteroatoms. The average Bonchev–Trinajstić information content (AvgIpc) is 3.26. The quantitative estimate of drug-likeness (QED) is 0.471. The van der Waals surface area contributed by atoms with Crippen molar-refractivity contribution in [3.8, 4) is 22.9 Å². The molecule has 1 aliphatic heterocycles. The first-order valence-corrected chi connectivity index (χ1v) is 11.4. The smallest absolute Gasteiger partial charge is 0.251 e. The number of likely N-dealkylation sites (tertiary alicyclic amines) is 1. The zero-order chi connectivity index (χ0) is 23.7. The predicted octanol–water partition coefficient (Wildman–Crippen LogP) is 3.86. The molecule has 174 valence electrons. The second-order valence-electron chi connectivity index (χ2n) is 8.56. The number of nitrogens with two attached hydrogens (primary N) is 1. The largest absolute Gasteiger partial charge is 0.457 e. The van der Waals surface area contributed by atoms with Crippen molar-refractivity contribution in [2.45, 2.75) is 31.8 Å². The number of imidazole rings is 1. The van der Waals surface area contributed by atoms with Crippen molar-refractivity contribution in [3.63, 3.8) is 0 Å². The number of aliphatic hydroxyl groups is 1. The number of fused-ring (bicyclic) bond motifs is 1. The highest BCUT2D eigenvalue weighted by atomic mass is 16.5. The lowest BCUT2D eigenvalue weighted by molar-refractivity contribution is -0.140. The Labute approximate surface area is 197 Å². The van der Waals surface area contributed by atoms with Crippen LogP contribution in [0.25, 0.3) is 16.9 Å². The number of rotatable bonds is 5. The van der Waals surface area contributed by atoms with Crippen LogP contribution in [0.5, 0.6) is 11.5 Å². The summed E-state index contributed by atoms with van der Waals surface area (Å²) in [6.07, 6.45) is 2.27. The number of piperidine rings is 1. The van der Waals surface area contributed by atoms with Gasteiger partial charge in [-0.2, -0.15) is 0 Å². The van der Waals surface area contributed by atoms with E-state index in [0.29, 0.717) is 19.0 Å². The maximum atomic E-state index is 12.2. The Morgan fingerprint density at radius 3 is 2.41 bits per heavy atom. The van der Waals surface area contributed by atoms with Gasteiger partial charge in [0.2, 0.25) is 5.95 Å². The minimum absolute atomic E-state index is 0.185. The first-order valence-electron chi connectivity index (χ1n) is 11.4. The molecule has 8 nitrogen and oxygen atoms in total. The number of ether oxygens (including phenoxy) is 1. The minimum atomic E-state index is -0.976. The summed E-state index contributed by atoms with van der Waals surface area (Å²) in [5.74, 6) is 2.57. The van der Waals surface area contributed by atoms with Gasteiger partial charge in [-0.1, -0.05) is 18.2 Å². The maximum absolute atomic E-state index is 12.2. The van der Waals surface area contributed by atoms with E-state index in [2.05, 4.69) is 4.98 Å². The molecule has 1 amide bonds. The van der Waals surface area contributed by atoms with Crippen molar-refractivity contribution >= 4 is 17.4 Å². The molecule has 34 heavy (non-hydrogen) atoms. The van der Waals surface area contributed by atoms with Crippen LogP contribution in [0.2, 0.25) is 0 Å². The summed E-state index contributed by atoms with van der Waals surface area (Å²) in [7, 11) is 0. The average molecular weight is 458 g/mol. The fraction of sp³-hybridized carbons (Fsp3) is 0.269. The normalized spacial score (nSPS) is 15.4. The molecule has 0 spiro atoms. The molecular weight excluding hydrogens is 430 g/mol. The molecule has 0 saturated carbocycles. The monoisotopic (exact) mass is 457 g/mol. The molecular formula is C26H27N5O3. The summed E-state index contributed by atoms with van der Waals surface area (Å²) in [6, 6.07) is 19.3. The van der Waals surface area contributed by atoms with Crippen molar-refractivity contribution in [2.24, 2.45) is 0 Å². The van der Waals surface area contributed by atoms with Crippen molar-refractivity contribution in [2.75, 3.05) is 18.8 Å².